The zero-order chi connectivity index (χ0) is 22.0. The van der Waals surface area contributed by atoms with Gasteiger partial charge in [0.2, 0.25) is 0 Å². The van der Waals surface area contributed by atoms with Crippen molar-refractivity contribution in [1.29, 1.82) is 0 Å². The van der Waals surface area contributed by atoms with E-state index in [1.54, 1.807) is 6.92 Å². The van der Waals surface area contributed by atoms with E-state index in [1.165, 1.54) is 0 Å². The van der Waals surface area contributed by atoms with Gasteiger partial charge in [0.05, 0.1) is 21.3 Å². The fraction of sp³-hybridized carbons (Fsp3) is 0.750. The summed E-state index contributed by atoms with van der Waals surface area (Å²) in [7, 11) is 3.16. The van der Waals surface area contributed by atoms with Crippen molar-refractivity contribution in [2.45, 2.75) is 44.6 Å². The molecule has 0 aromatic rings. The summed E-state index contributed by atoms with van der Waals surface area (Å²) in [5.41, 5.74) is 0. The van der Waals surface area contributed by atoms with Crippen molar-refractivity contribution < 1.29 is 61.8 Å². The summed E-state index contributed by atoms with van der Waals surface area (Å²) in [6, 6.07) is 0. The maximum Gasteiger partial charge on any atom is 0.508 e. The van der Waals surface area contributed by atoms with Crippen LogP contribution in [0, 0.1) is 0 Å². The number of methoxy groups -OCH3 is 3. The van der Waals surface area contributed by atoms with Crippen LogP contribution in [0.2, 0.25) is 0 Å². The van der Waals surface area contributed by atoms with Gasteiger partial charge >= 0.3 is 24.4 Å². The Kier molecular flexibility index (Phi) is 9.96. The summed E-state index contributed by atoms with van der Waals surface area (Å²) >= 11 is 0. The zero-order valence-electron chi connectivity index (χ0n) is 16.6. The molecule has 13 nitrogen and oxygen atoms in total. The highest BCUT2D eigenvalue weighted by Gasteiger charge is 2.54. The van der Waals surface area contributed by atoms with Gasteiger partial charge < -0.3 is 42.6 Å². The molecule has 1 aliphatic heterocycles. The van der Waals surface area contributed by atoms with Crippen LogP contribution in [0.3, 0.4) is 0 Å². The van der Waals surface area contributed by atoms with E-state index in [-0.39, 0.29) is 6.61 Å². The SMILES string of the molecule is CCO[C@@H]1O[C@H](COC(C)=O)[C@@H](OC(=O)OC)[C@H](OC(=O)OC)[C@H]1OC(=O)OC. The molecule has 0 bridgehead atoms. The molecule has 1 heterocycles. The number of ether oxygens (including phenoxy) is 9. The molecule has 1 fully saturated rings. The molecular formula is C16H24O13. The molecule has 0 aromatic carbocycles. The van der Waals surface area contributed by atoms with Crippen LogP contribution >= 0.6 is 0 Å². The van der Waals surface area contributed by atoms with Crippen molar-refractivity contribution in [3.8, 4) is 0 Å². The summed E-state index contributed by atoms with van der Waals surface area (Å²) < 4.78 is 44.7. The minimum atomic E-state index is -1.48. The Balaban J connectivity index is 3.30. The lowest BCUT2D eigenvalue weighted by Crippen LogP contribution is -2.63. The Bertz CT molecular complexity index is 577. The molecule has 5 atom stereocenters. The molecule has 29 heavy (non-hydrogen) atoms. The largest absolute Gasteiger partial charge is 0.508 e. The van der Waals surface area contributed by atoms with Gasteiger partial charge in [0, 0.05) is 13.5 Å². The molecule has 0 aliphatic carbocycles. The van der Waals surface area contributed by atoms with Gasteiger partial charge in [0.1, 0.15) is 12.7 Å². The molecule has 0 radical (unpaired) electrons. The molecule has 0 N–H and O–H groups in total. The Morgan fingerprint density at radius 3 is 1.72 bits per heavy atom. The second-order valence-electron chi connectivity index (χ2n) is 5.41. The van der Waals surface area contributed by atoms with E-state index in [9.17, 15) is 19.2 Å². The van der Waals surface area contributed by atoms with E-state index in [1.807, 2.05) is 0 Å². The quantitative estimate of drug-likeness (QED) is 0.418. The van der Waals surface area contributed by atoms with Crippen LogP contribution < -0.4 is 0 Å². The maximum atomic E-state index is 11.8. The molecule has 0 saturated carbocycles. The molecule has 0 aromatic heterocycles. The zero-order valence-corrected chi connectivity index (χ0v) is 16.6. The van der Waals surface area contributed by atoms with E-state index < -0.39 is 61.7 Å². The average molecular weight is 424 g/mol. The summed E-state index contributed by atoms with van der Waals surface area (Å²) in [6.45, 7) is 2.50. The van der Waals surface area contributed by atoms with E-state index in [4.69, 9.17) is 28.4 Å². The minimum absolute atomic E-state index is 0.111. The number of carbonyl (C=O) groups excluding carboxylic acids is 4. The number of hydrogen-bond donors (Lipinski definition) is 0. The van der Waals surface area contributed by atoms with Crippen molar-refractivity contribution in [3.05, 3.63) is 0 Å². The van der Waals surface area contributed by atoms with Gasteiger partial charge in [-0.3, -0.25) is 4.79 Å². The summed E-state index contributed by atoms with van der Waals surface area (Å²) in [4.78, 5) is 46.4. The lowest BCUT2D eigenvalue weighted by molar-refractivity contribution is -0.302. The molecule has 0 unspecified atom stereocenters. The van der Waals surface area contributed by atoms with Crippen LogP contribution in [-0.4, -0.2) is 89.7 Å². The fourth-order valence-electron chi connectivity index (χ4n) is 2.39. The van der Waals surface area contributed by atoms with Crippen LogP contribution in [0.15, 0.2) is 0 Å². The second-order valence-corrected chi connectivity index (χ2v) is 5.41. The van der Waals surface area contributed by atoms with Crippen molar-refractivity contribution in [1.82, 2.24) is 0 Å². The van der Waals surface area contributed by atoms with E-state index in [2.05, 4.69) is 14.2 Å². The molecular weight excluding hydrogens is 400 g/mol. The number of esters is 1. The van der Waals surface area contributed by atoms with Crippen LogP contribution in [-0.2, 0) is 47.4 Å². The maximum absolute atomic E-state index is 11.8. The van der Waals surface area contributed by atoms with Gasteiger partial charge in [-0.05, 0) is 6.92 Å². The first-order chi connectivity index (χ1) is 13.8. The van der Waals surface area contributed by atoms with Crippen LogP contribution in [0.25, 0.3) is 0 Å². The summed E-state index contributed by atoms with van der Waals surface area (Å²) in [6.07, 6.45) is -10.2. The predicted octanol–water partition coefficient (Wildman–Crippen LogP) is 0.766. The lowest BCUT2D eigenvalue weighted by Gasteiger charge is -2.43. The molecule has 1 saturated heterocycles. The van der Waals surface area contributed by atoms with Crippen molar-refractivity contribution in [2.24, 2.45) is 0 Å². The fourth-order valence-corrected chi connectivity index (χ4v) is 2.39. The Morgan fingerprint density at radius 2 is 1.28 bits per heavy atom. The number of rotatable bonds is 7. The van der Waals surface area contributed by atoms with Crippen LogP contribution in [0.4, 0.5) is 14.4 Å². The molecule has 0 amide bonds. The third kappa shape index (κ3) is 7.27. The summed E-state index contributed by atoms with van der Waals surface area (Å²) in [5.74, 6) is -0.642. The third-order valence-electron chi connectivity index (χ3n) is 3.57. The smallest absolute Gasteiger partial charge is 0.463 e. The highest BCUT2D eigenvalue weighted by molar-refractivity contribution is 5.66. The number of carbonyl (C=O) groups is 4. The first kappa shape index (κ1) is 24.2. The van der Waals surface area contributed by atoms with Crippen molar-refractivity contribution in [2.75, 3.05) is 34.5 Å². The molecule has 13 heteroatoms. The third-order valence-corrected chi connectivity index (χ3v) is 3.57. The Labute approximate surface area is 166 Å². The van der Waals surface area contributed by atoms with Gasteiger partial charge in [-0.1, -0.05) is 0 Å². The molecule has 1 aliphatic rings. The highest BCUT2D eigenvalue weighted by Crippen LogP contribution is 2.30. The van der Waals surface area contributed by atoms with Gasteiger partial charge in [-0.25, -0.2) is 14.4 Å². The van der Waals surface area contributed by atoms with E-state index in [0.29, 0.717) is 0 Å². The van der Waals surface area contributed by atoms with E-state index in [0.717, 1.165) is 28.3 Å². The first-order valence-corrected chi connectivity index (χ1v) is 8.41. The summed E-state index contributed by atoms with van der Waals surface area (Å²) in [5, 5.41) is 0. The molecule has 0 spiro atoms. The predicted molar refractivity (Wildman–Crippen MR) is 88.8 cm³/mol. The van der Waals surface area contributed by atoms with E-state index >= 15 is 0 Å². The van der Waals surface area contributed by atoms with Crippen molar-refractivity contribution >= 4 is 24.4 Å². The standard InChI is InChI=1S/C16H24O13/c1-6-24-13-12(29-16(20)23-5)11(28-15(19)22-4)10(27-14(18)21-3)9(26-13)7-25-8(2)17/h9-13H,6-7H2,1-5H3/t9-,10-,11+,12-,13-/m1/s1. The van der Waals surface area contributed by atoms with Crippen LogP contribution in [0.5, 0.6) is 0 Å². The van der Waals surface area contributed by atoms with Crippen molar-refractivity contribution in [3.63, 3.8) is 0 Å². The highest BCUT2D eigenvalue weighted by atomic mass is 16.8. The Morgan fingerprint density at radius 1 is 0.793 bits per heavy atom. The first-order valence-electron chi connectivity index (χ1n) is 8.41. The van der Waals surface area contributed by atoms with Gasteiger partial charge in [-0.15, -0.1) is 0 Å². The topological polar surface area (TPSA) is 151 Å². The molecule has 1 rings (SSSR count). The molecule has 166 valence electrons. The normalized spacial score (nSPS) is 25.9. The lowest BCUT2D eigenvalue weighted by atomic mass is 9.98. The second kappa shape index (κ2) is 11.9. The van der Waals surface area contributed by atoms with Gasteiger partial charge in [-0.2, -0.15) is 0 Å². The minimum Gasteiger partial charge on any atom is -0.463 e. The number of hydrogen-bond acceptors (Lipinski definition) is 13. The van der Waals surface area contributed by atoms with Gasteiger partial charge in [0.15, 0.2) is 24.6 Å². The van der Waals surface area contributed by atoms with Gasteiger partial charge in [0.25, 0.3) is 0 Å². The monoisotopic (exact) mass is 424 g/mol. The Hall–Kier alpha value is -2.80. The average Bonchev–Trinajstić information content (AvgIpc) is 2.70. The van der Waals surface area contributed by atoms with Crippen LogP contribution in [0.1, 0.15) is 13.8 Å².